The van der Waals surface area contributed by atoms with Crippen molar-refractivity contribution in [3.63, 3.8) is 0 Å². The lowest BCUT2D eigenvalue weighted by atomic mass is 9.63. The molecule has 2 aliphatic rings. The maximum Gasteiger partial charge on any atom is 0.307 e. The van der Waals surface area contributed by atoms with Crippen molar-refractivity contribution < 1.29 is 23.8 Å². The van der Waals surface area contributed by atoms with E-state index in [1.165, 1.54) is 24.4 Å². The fraction of sp³-hybridized carbons (Fsp3) is 0.370. The minimum Gasteiger partial charge on any atom is -0.481 e. The van der Waals surface area contributed by atoms with Gasteiger partial charge in [0, 0.05) is 22.9 Å². The lowest BCUT2D eigenvalue weighted by Gasteiger charge is -2.45. The number of carboxylic acids is 1. The Balaban J connectivity index is 1.45. The smallest absolute Gasteiger partial charge is 0.307 e. The Kier molecular flexibility index (Phi) is 5.79. The SMILES string of the molecule is CC[C@]12Cc3cnn(-c4ccc(F)cc4)c3C=C1CC[C@@]2(O)CCc1nccc(F)c1CC(=O)O. The molecule has 35 heavy (non-hydrogen) atoms. The molecular formula is C27H27F2N3O3. The number of benzene rings is 1. The van der Waals surface area contributed by atoms with Crippen LogP contribution in [0.2, 0.25) is 0 Å². The zero-order chi connectivity index (χ0) is 24.8. The number of carboxylic acid groups (broad SMARTS) is 1. The third kappa shape index (κ3) is 3.86. The van der Waals surface area contributed by atoms with Gasteiger partial charge in [-0.2, -0.15) is 5.10 Å². The highest BCUT2D eigenvalue weighted by Gasteiger charge is 2.56. The van der Waals surface area contributed by atoms with Crippen molar-refractivity contribution in [1.82, 2.24) is 14.8 Å². The van der Waals surface area contributed by atoms with Crippen LogP contribution < -0.4 is 0 Å². The zero-order valence-electron chi connectivity index (χ0n) is 19.5. The van der Waals surface area contributed by atoms with E-state index >= 15 is 0 Å². The van der Waals surface area contributed by atoms with Gasteiger partial charge in [-0.05, 0) is 80.5 Å². The maximum atomic E-state index is 14.3. The van der Waals surface area contributed by atoms with Crippen LogP contribution in [0.4, 0.5) is 8.78 Å². The molecule has 2 heterocycles. The number of aryl methyl sites for hydroxylation is 1. The first-order valence-electron chi connectivity index (χ1n) is 11.9. The van der Waals surface area contributed by atoms with Gasteiger partial charge in [0.1, 0.15) is 11.6 Å². The third-order valence-corrected chi connectivity index (χ3v) is 7.87. The molecule has 0 saturated heterocycles. The molecule has 2 aliphatic carbocycles. The topological polar surface area (TPSA) is 88.2 Å². The number of aliphatic hydroxyl groups is 1. The summed E-state index contributed by atoms with van der Waals surface area (Å²) in [4.78, 5) is 15.5. The monoisotopic (exact) mass is 479 g/mol. The molecule has 0 bridgehead atoms. The maximum absolute atomic E-state index is 14.3. The summed E-state index contributed by atoms with van der Waals surface area (Å²) in [5.41, 5.74) is 2.79. The highest BCUT2D eigenvalue weighted by Crippen LogP contribution is 2.58. The van der Waals surface area contributed by atoms with E-state index in [2.05, 4.69) is 23.1 Å². The Morgan fingerprint density at radius 2 is 1.97 bits per heavy atom. The van der Waals surface area contributed by atoms with Crippen LogP contribution in [0.25, 0.3) is 11.8 Å². The predicted octanol–water partition coefficient (Wildman–Crippen LogP) is 4.67. The summed E-state index contributed by atoms with van der Waals surface area (Å²) in [5.74, 6) is -2.01. The van der Waals surface area contributed by atoms with Crippen LogP contribution in [-0.2, 0) is 24.1 Å². The van der Waals surface area contributed by atoms with Crippen LogP contribution in [0, 0.1) is 17.0 Å². The summed E-state index contributed by atoms with van der Waals surface area (Å²) in [5, 5.41) is 25.7. The number of halogens is 2. The number of aliphatic carboxylic acids is 1. The van der Waals surface area contributed by atoms with E-state index in [1.54, 1.807) is 23.0 Å². The van der Waals surface area contributed by atoms with Crippen LogP contribution in [0.3, 0.4) is 0 Å². The molecule has 182 valence electrons. The average molecular weight is 480 g/mol. The lowest BCUT2D eigenvalue weighted by molar-refractivity contribution is -0.136. The van der Waals surface area contributed by atoms with Crippen LogP contribution in [0.1, 0.15) is 55.1 Å². The largest absolute Gasteiger partial charge is 0.481 e. The number of aromatic nitrogens is 3. The number of hydrogen-bond donors (Lipinski definition) is 2. The number of rotatable bonds is 7. The molecular weight excluding hydrogens is 452 g/mol. The molecule has 1 aromatic carbocycles. The van der Waals surface area contributed by atoms with Crippen molar-refractivity contribution >= 4 is 12.0 Å². The molecule has 2 atom stereocenters. The van der Waals surface area contributed by atoms with Gasteiger partial charge in [-0.15, -0.1) is 0 Å². The van der Waals surface area contributed by atoms with E-state index in [9.17, 15) is 23.8 Å². The third-order valence-electron chi connectivity index (χ3n) is 7.87. The van der Waals surface area contributed by atoms with E-state index in [1.807, 2.05) is 0 Å². The number of hydrogen-bond acceptors (Lipinski definition) is 4. The number of pyridine rings is 1. The molecule has 0 radical (unpaired) electrons. The molecule has 0 amide bonds. The molecule has 3 aromatic rings. The summed E-state index contributed by atoms with van der Waals surface area (Å²) in [6.07, 6.45) is 8.05. The van der Waals surface area contributed by atoms with E-state index < -0.39 is 29.2 Å². The quantitative estimate of drug-likeness (QED) is 0.514. The molecule has 5 rings (SSSR count). The minimum absolute atomic E-state index is 0.0782. The summed E-state index contributed by atoms with van der Waals surface area (Å²) >= 11 is 0. The average Bonchev–Trinajstić information content (AvgIpc) is 3.37. The summed E-state index contributed by atoms with van der Waals surface area (Å²) in [7, 11) is 0. The van der Waals surface area contributed by atoms with E-state index in [0.717, 1.165) is 35.4 Å². The van der Waals surface area contributed by atoms with Crippen LogP contribution >= 0.6 is 0 Å². The van der Waals surface area contributed by atoms with Crippen molar-refractivity contribution in [2.24, 2.45) is 5.41 Å². The van der Waals surface area contributed by atoms with Crippen molar-refractivity contribution in [1.29, 1.82) is 0 Å². The van der Waals surface area contributed by atoms with Crippen molar-refractivity contribution in [3.8, 4) is 5.69 Å². The first-order chi connectivity index (χ1) is 16.8. The van der Waals surface area contributed by atoms with Crippen LogP contribution in [0.5, 0.6) is 0 Å². The second-order valence-corrected chi connectivity index (χ2v) is 9.55. The highest BCUT2D eigenvalue weighted by atomic mass is 19.1. The van der Waals surface area contributed by atoms with E-state index in [-0.39, 0.29) is 17.8 Å². The molecule has 0 aliphatic heterocycles. The molecule has 1 saturated carbocycles. The summed E-state index contributed by atoms with van der Waals surface area (Å²) < 4.78 is 29.5. The van der Waals surface area contributed by atoms with Gasteiger partial charge < -0.3 is 10.2 Å². The van der Waals surface area contributed by atoms with Gasteiger partial charge in [0.05, 0.1) is 29.6 Å². The predicted molar refractivity (Wildman–Crippen MR) is 126 cm³/mol. The molecule has 2 N–H and O–H groups in total. The Morgan fingerprint density at radius 1 is 1.20 bits per heavy atom. The Bertz CT molecular complexity index is 1320. The number of nitrogens with zero attached hydrogens (tertiary/aromatic N) is 3. The first kappa shape index (κ1) is 23.4. The van der Waals surface area contributed by atoms with Gasteiger partial charge >= 0.3 is 5.97 Å². The minimum atomic E-state index is -1.12. The van der Waals surface area contributed by atoms with Gasteiger partial charge in [-0.25, -0.2) is 13.5 Å². The molecule has 2 aromatic heterocycles. The first-order valence-corrected chi connectivity index (χ1v) is 11.9. The lowest BCUT2D eigenvalue weighted by Crippen LogP contribution is -2.47. The molecule has 1 fully saturated rings. The van der Waals surface area contributed by atoms with Crippen LogP contribution in [-0.4, -0.2) is 36.5 Å². The fourth-order valence-corrected chi connectivity index (χ4v) is 6.00. The van der Waals surface area contributed by atoms with Gasteiger partial charge in [-0.3, -0.25) is 9.78 Å². The second-order valence-electron chi connectivity index (χ2n) is 9.55. The van der Waals surface area contributed by atoms with Crippen molar-refractivity contribution in [3.05, 3.63) is 82.4 Å². The van der Waals surface area contributed by atoms with Gasteiger partial charge in [0.2, 0.25) is 0 Å². The summed E-state index contributed by atoms with van der Waals surface area (Å²) in [6.45, 7) is 2.07. The molecule has 0 spiro atoms. The Labute approximate surface area is 201 Å². The summed E-state index contributed by atoms with van der Waals surface area (Å²) in [6, 6.07) is 7.36. The fourth-order valence-electron chi connectivity index (χ4n) is 6.00. The van der Waals surface area contributed by atoms with E-state index in [4.69, 9.17) is 0 Å². The molecule has 0 unspecified atom stereocenters. The Hall–Kier alpha value is -3.39. The van der Waals surface area contributed by atoms with Gasteiger partial charge in [-0.1, -0.05) is 12.5 Å². The zero-order valence-corrected chi connectivity index (χ0v) is 19.5. The molecule has 8 heteroatoms. The highest BCUT2D eigenvalue weighted by molar-refractivity contribution is 5.70. The van der Waals surface area contributed by atoms with Crippen molar-refractivity contribution in [2.75, 3.05) is 0 Å². The second kappa shape index (κ2) is 8.68. The van der Waals surface area contributed by atoms with Gasteiger partial charge in [0.25, 0.3) is 0 Å². The van der Waals surface area contributed by atoms with Crippen molar-refractivity contribution in [2.45, 2.75) is 57.5 Å². The standard InChI is InChI=1S/C27H27F2N3O3/c1-2-26-15-17-16-31-32(20-5-3-19(28)4-6-20)24(17)13-18(26)7-10-27(26,35)11-8-23-21(14-25(33)34)22(29)9-12-30-23/h3-6,9,12-13,16,35H,2,7-8,10-11,14-15H2,1H3,(H,33,34)/t26-,27+/m0/s1. The van der Waals surface area contributed by atoms with E-state index in [0.29, 0.717) is 25.0 Å². The normalized spacial score (nSPS) is 23.0. The molecule has 6 nitrogen and oxygen atoms in total. The van der Waals surface area contributed by atoms with Crippen LogP contribution in [0.15, 0.2) is 48.3 Å². The van der Waals surface area contributed by atoms with Gasteiger partial charge in [0.15, 0.2) is 0 Å². The Morgan fingerprint density at radius 3 is 2.69 bits per heavy atom. The number of fused-ring (bicyclic) bond motifs is 2. The number of carbonyl (C=O) groups is 1.